The summed E-state index contributed by atoms with van der Waals surface area (Å²) in [6.45, 7) is 0. The van der Waals surface area contributed by atoms with Crippen LogP contribution in [0.2, 0.25) is 10.3 Å². The molecule has 114 valence electrons. The molecular formula is C15H14Cl2N4O. The van der Waals surface area contributed by atoms with Gasteiger partial charge in [0.15, 0.2) is 0 Å². The number of nitrogens with one attached hydrogen (secondary N) is 1. The first-order chi connectivity index (χ1) is 10.5. The molecule has 0 saturated carbocycles. The molecule has 0 atom stereocenters. The van der Waals surface area contributed by atoms with Crippen LogP contribution in [0.25, 0.3) is 0 Å². The van der Waals surface area contributed by atoms with Crippen molar-refractivity contribution < 1.29 is 4.79 Å². The topological polar surface area (TPSA) is 57.6 Å². The Labute approximate surface area is 138 Å². The van der Waals surface area contributed by atoms with Crippen molar-refractivity contribution in [3.63, 3.8) is 0 Å². The zero-order valence-corrected chi connectivity index (χ0v) is 13.6. The first-order valence-corrected chi connectivity index (χ1v) is 7.15. The summed E-state index contributed by atoms with van der Waals surface area (Å²) < 4.78 is 0. The molecule has 0 aliphatic carbocycles. The third kappa shape index (κ3) is 4.44. The minimum absolute atomic E-state index is 0.154. The van der Waals surface area contributed by atoms with E-state index in [9.17, 15) is 4.79 Å². The van der Waals surface area contributed by atoms with Crippen molar-refractivity contribution >= 4 is 41.0 Å². The summed E-state index contributed by atoms with van der Waals surface area (Å²) in [5, 5.41) is 4.21. The maximum atomic E-state index is 11.9. The molecule has 22 heavy (non-hydrogen) atoms. The van der Waals surface area contributed by atoms with Crippen LogP contribution in [0.1, 0.15) is 15.9 Å². The number of halogens is 2. The highest BCUT2D eigenvalue weighted by molar-refractivity contribution is 6.33. The Morgan fingerprint density at radius 2 is 1.77 bits per heavy atom. The zero-order valence-electron chi connectivity index (χ0n) is 12.0. The van der Waals surface area contributed by atoms with Crippen molar-refractivity contribution in [2.45, 2.75) is 0 Å². The van der Waals surface area contributed by atoms with Crippen molar-refractivity contribution in [1.29, 1.82) is 0 Å². The molecule has 1 heterocycles. The largest absolute Gasteiger partial charge is 0.378 e. The van der Waals surface area contributed by atoms with Gasteiger partial charge in [0.1, 0.15) is 10.3 Å². The van der Waals surface area contributed by atoms with Gasteiger partial charge in [-0.25, -0.2) is 10.4 Å². The maximum absolute atomic E-state index is 11.9. The molecule has 1 N–H and O–H groups in total. The van der Waals surface area contributed by atoms with Crippen LogP contribution in [-0.4, -0.2) is 31.2 Å². The molecule has 0 aliphatic heterocycles. The second-order valence-corrected chi connectivity index (χ2v) is 5.46. The summed E-state index contributed by atoms with van der Waals surface area (Å²) >= 11 is 11.5. The highest BCUT2D eigenvalue weighted by Gasteiger charge is 2.07. The molecule has 0 bridgehead atoms. The molecule has 0 radical (unpaired) electrons. The van der Waals surface area contributed by atoms with Crippen molar-refractivity contribution in [3.8, 4) is 0 Å². The first kappa shape index (κ1) is 16.3. The third-order valence-corrected chi connectivity index (χ3v) is 3.20. The van der Waals surface area contributed by atoms with E-state index in [0.29, 0.717) is 5.56 Å². The predicted molar refractivity (Wildman–Crippen MR) is 90.1 cm³/mol. The van der Waals surface area contributed by atoms with E-state index in [0.717, 1.165) is 11.3 Å². The Balaban J connectivity index is 2.00. The number of rotatable bonds is 4. The molecule has 0 saturated heterocycles. The van der Waals surface area contributed by atoms with E-state index in [-0.39, 0.29) is 10.3 Å². The third-order valence-electron chi connectivity index (χ3n) is 2.81. The molecule has 5 nitrogen and oxygen atoms in total. The number of pyridine rings is 1. The number of benzene rings is 1. The Hall–Kier alpha value is -2.11. The smallest absolute Gasteiger partial charge is 0.271 e. The average molecular weight is 337 g/mol. The summed E-state index contributed by atoms with van der Waals surface area (Å²) in [5.41, 5.74) is 4.67. The molecule has 1 aromatic carbocycles. The lowest BCUT2D eigenvalue weighted by Gasteiger charge is -2.11. The Morgan fingerprint density at radius 3 is 2.32 bits per heavy atom. The number of nitrogens with zero attached hydrogens (tertiary/aromatic N) is 3. The monoisotopic (exact) mass is 336 g/mol. The highest BCUT2D eigenvalue weighted by atomic mass is 35.5. The van der Waals surface area contributed by atoms with Gasteiger partial charge in [0, 0.05) is 25.3 Å². The van der Waals surface area contributed by atoms with Gasteiger partial charge in [-0.3, -0.25) is 4.79 Å². The molecule has 7 heteroatoms. The highest BCUT2D eigenvalue weighted by Crippen LogP contribution is 2.14. The lowest BCUT2D eigenvalue weighted by atomic mass is 10.2. The summed E-state index contributed by atoms with van der Waals surface area (Å²) in [7, 11) is 3.93. The standard InChI is InChI=1S/C15H14Cl2N4O/c1-21(2)12-5-3-10(4-6-12)9-18-20-15(22)11-7-13(16)19-14(17)8-11/h3-9H,1-2H3,(H,20,22)/b18-9-. The van der Waals surface area contributed by atoms with Gasteiger partial charge in [0.2, 0.25) is 0 Å². The van der Waals surface area contributed by atoms with Crippen LogP contribution in [0.3, 0.4) is 0 Å². The van der Waals surface area contributed by atoms with E-state index in [4.69, 9.17) is 23.2 Å². The van der Waals surface area contributed by atoms with Gasteiger partial charge in [-0.1, -0.05) is 35.3 Å². The van der Waals surface area contributed by atoms with Gasteiger partial charge in [0.05, 0.1) is 6.21 Å². The van der Waals surface area contributed by atoms with Crippen LogP contribution in [0.15, 0.2) is 41.5 Å². The molecule has 1 amide bonds. The van der Waals surface area contributed by atoms with Crippen LogP contribution in [0.4, 0.5) is 5.69 Å². The molecule has 0 unspecified atom stereocenters. The van der Waals surface area contributed by atoms with E-state index in [1.807, 2.05) is 43.3 Å². The van der Waals surface area contributed by atoms with Crippen molar-refractivity contribution in [2.24, 2.45) is 5.10 Å². The minimum Gasteiger partial charge on any atom is -0.378 e. The van der Waals surface area contributed by atoms with Crippen molar-refractivity contribution in [1.82, 2.24) is 10.4 Å². The maximum Gasteiger partial charge on any atom is 0.271 e. The lowest BCUT2D eigenvalue weighted by molar-refractivity contribution is 0.0955. The Morgan fingerprint density at radius 1 is 1.18 bits per heavy atom. The van der Waals surface area contributed by atoms with E-state index >= 15 is 0 Å². The summed E-state index contributed by atoms with van der Waals surface area (Å²) in [4.78, 5) is 17.7. The second kappa shape index (κ2) is 7.24. The minimum atomic E-state index is -0.410. The molecule has 0 fully saturated rings. The van der Waals surface area contributed by atoms with E-state index < -0.39 is 5.91 Å². The predicted octanol–water partition coefficient (Wildman–Crippen LogP) is 3.22. The number of hydrogen-bond acceptors (Lipinski definition) is 4. The molecule has 2 rings (SSSR count). The van der Waals surface area contributed by atoms with Gasteiger partial charge in [-0.15, -0.1) is 0 Å². The van der Waals surface area contributed by atoms with E-state index in [1.54, 1.807) is 6.21 Å². The summed E-state index contributed by atoms with van der Waals surface area (Å²) in [6.07, 6.45) is 1.56. The van der Waals surface area contributed by atoms with Gasteiger partial charge in [-0.05, 0) is 29.8 Å². The van der Waals surface area contributed by atoms with Gasteiger partial charge in [0.25, 0.3) is 5.91 Å². The average Bonchev–Trinajstić information content (AvgIpc) is 2.46. The fraction of sp³-hybridized carbons (Fsp3) is 0.133. The zero-order chi connectivity index (χ0) is 16.1. The molecule has 0 aliphatic rings. The van der Waals surface area contributed by atoms with Crippen LogP contribution in [0, 0.1) is 0 Å². The Kier molecular flexibility index (Phi) is 5.35. The SMILES string of the molecule is CN(C)c1ccc(/C=N\NC(=O)c2cc(Cl)nc(Cl)c2)cc1. The molecule has 1 aromatic heterocycles. The number of hydrazone groups is 1. The normalized spacial score (nSPS) is 10.7. The van der Waals surface area contributed by atoms with Gasteiger partial charge >= 0.3 is 0 Å². The summed E-state index contributed by atoms with van der Waals surface area (Å²) in [6, 6.07) is 10.6. The number of anilines is 1. The number of carbonyl (C=O) groups excluding carboxylic acids is 1. The number of carbonyl (C=O) groups is 1. The fourth-order valence-electron chi connectivity index (χ4n) is 1.68. The van der Waals surface area contributed by atoms with Gasteiger partial charge in [-0.2, -0.15) is 5.10 Å². The van der Waals surface area contributed by atoms with Crippen molar-refractivity contribution in [2.75, 3.05) is 19.0 Å². The van der Waals surface area contributed by atoms with Gasteiger partial charge < -0.3 is 4.90 Å². The van der Waals surface area contributed by atoms with E-state index in [2.05, 4.69) is 15.5 Å². The van der Waals surface area contributed by atoms with Crippen LogP contribution >= 0.6 is 23.2 Å². The van der Waals surface area contributed by atoms with Crippen LogP contribution in [-0.2, 0) is 0 Å². The fourth-order valence-corrected chi connectivity index (χ4v) is 2.14. The Bertz CT molecular complexity index is 679. The van der Waals surface area contributed by atoms with Crippen molar-refractivity contribution in [3.05, 3.63) is 57.8 Å². The van der Waals surface area contributed by atoms with Crippen LogP contribution < -0.4 is 10.3 Å². The van der Waals surface area contributed by atoms with E-state index in [1.165, 1.54) is 12.1 Å². The summed E-state index contributed by atoms with van der Waals surface area (Å²) in [5.74, 6) is -0.410. The number of amides is 1. The molecular weight excluding hydrogens is 323 g/mol. The molecule has 0 spiro atoms. The van der Waals surface area contributed by atoms with Crippen LogP contribution in [0.5, 0.6) is 0 Å². The lowest BCUT2D eigenvalue weighted by Crippen LogP contribution is -2.17. The first-order valence-electron chi connectivity index (χ1n) is 6.39. The molecule has 2 aromatic rings. The number of hydrogen-bond donors (Lipinski definition) is 1. The quantitative estimate of drug-likeness (QED) is 0.529. The number of aromatic nitrogens is 1. The second-order valence-electron chi connectivity index (χ2n) is 4.69.